The number of hydrogen-bond acceptors (Lipinski definition) is 4. The van der Waals surface area contributed by atoms with Gasteiger partial charge in [-0.1, -0.05) is 25.5 Å². The van der Waals surface area contributed by atoms with Crippen molar-refractivity contribution < 1.29 is 14.7 Å². The average Bonchev–Trinajstić information content (AvgIpc) is 2.46. The molecule has 118 valence electrons. The van der Waals surface area contributed by atoms with E-state index in [1.54, 1.807) is 14.1 Å². The van der Waals surface area contributed by atoms with Gasteiger partial charge in [-0.15, -0.1) is 0 Å². The van der Waals surface area contributed by atoms with Crippen molar-refractivity contribution in [3.63, 3.8) is 0 Å². The number of ether oxygens (including phenoxy) is 1. The average molecular weight is 294 g/mol. The Morgan fingerprint density at radius 1 is 1.33 bits per heavy atom. The van der Waals surface area contributed by atoms with E-state index in [4.69, 9.17) is 4.74 Å². The van der Waals surface area contributed by atoms with E-state index >= 15 is 0 Å². The lowest BCUT2D eigenvalue weighted by molar-refractivity contribution is -0.144. The Morgan fingerprint density at radius 2 is 2.10 bits per heavy atom. The van der Waals surface area contributed by atoms with Crippen molar-refractivity contribution in [1.82, 2.24) is 9.96 Å². The Kier molecular flexibility index (Phi) is 7.79. The number of benzene rings is 1. The fraction of sp³-hybridized carbons (Fsp3) is 0.562. The maximum atomic E-state index is 11.5. The van der Waals surface area contributed by atoms with Crippen LogP contribution in [0.25, 0.3) is 0 Å². The van der Waals surface area contributed by atoms with Gasteiger partial charge in [0.25, 0.3) is 0 Å². The van der Waals surface area contributed by atoms with Gasteiger partial charge < -0.3 is 14.8 Å². The van der Waals surface area contributed by atoms with Gasteiger partial charge in [0.1, 0.15) is 12.3 Å². The third-order valence-corrected chi connectivity index (χ3v) is 3.14. The standard InChI is InChI=1S/C16H26N2O3/c1-4-5-11-21-15-8-6-7-14(12-15)9-10-18(20)13-16(19)17(2)3/h6-8,12,20H,4-5,9-11,13H2,1-3H3. The Bertz CT molecular complexity index is 435. The van der Waals surface area contributed by atoms with E-state index in [1.165, 1.54) is 4.90 Å². The highest BCUT2D eigenvalue weighted by atomic mass is 16.5. The number of carbonyl (C=O) groups is 1. The first-order valence-corrected chi connectivity index (χ1v) is 7.38. The number of nitrogens with zero attached hydrogens (tertiary/aromatic N) is 2. The SMILES string of the molecule is CCCCOc1cccc(CCN(O)CC(=O)N(C)C)c1. The van der Waals surface area contributed by atoms with Crippen LogP contribution in [-0.2, 0) is 11.2 Å². The molecule has 21 heavy (non-hydrogen) atoms. The molecule has 0 heterocycles. The van der Waals surface area contributed by atoms with Crippen LogP contribution in [0, 0.1) is 0 Å². The first-order valence-electron chi connectivity index (χ1n) is 7.38. The molecule has 5 heteroatoms. The van der Waals surface area contributed by atoms with Crippen LogP contribution in [0.4, 0.5) is 0 Å². The Morgan fingerprint density at radius 3 is 2.76 bits per heavy atom. The molecule has 0 saturated carbocycles. The highest BCUT2D eigenvalue weighted by Crippen LogP contribution is 2.14. The molecule has 0 fully saturated rings. The second-order valence-electron chi connectivity index (χ2n) is 5.28. The van der Waals surface area contributed by atoms with Gasteiger partial charge in [0.15, 0.2) is 0 Å². The predicted molar refractivity (Wildman–Crippen MR) is 82.6 cm³/mol. The van der Waals surface area contributed by atoms with Crippen molar-refractivity contribution in [2.75, 3.05) is 33.8 Å². The molecule has 0 unspecified atom stereocenters. The molecule has 1 aromatic rings. The van der Waals surface area contributed by atoms with Crippen LogP contribution in [0.15, 0.2) is 24.3 Å². The number of hydroxylamine groups is 2. The molecule has 1 amide bonds. The van der Waals surface area contributed by atoms with Crippen LogP contribution in [-0.4, -0.2) is 54.9 Å². The summed E-state index contributed by atoms with van der Waals surface area (Å²) in [6.45, 7) is 3.28. The topological polar surface area (TPSA) is 53.0 Å². The normalized spacial score (nSPS) is 10.7. The van der Waals surface area contributed by atoms with Gasteiger partial charge in [-0.25, -0.2) is 0 Å². The summed E-state index contributed by atoms with van der Waals surface area (Å²) in [5, 5.41) is 10.8. The third-order valence-electron chi connectivity index (χ3n) is 3.14. The minimum absolute atomic E-state index is 0.0136. The molecule has 0 aliphatic rings. The van der Waals surface area contributed by atoms with Crippen LogP contribution in [0.2, 0.25) is 0 Å². The van der Waals surface area contributed by atoms with Gasteiger partial charge in [-0.2, -0.15) is 5.06 Å². The number of amides is 1. The Hall–Kier alpha value is -1.59. The van der Waals surface area contributed by atoms with Crippen LogP contribution < -0.4 is 4.74 Å². The summed E-state index contributed by atoms with van der Waals surface area (Å²) in [4.78, 5) is 12.9. The van der Waals surface area contributed by atoms with Gasteiger partial charge in [-0.05, 0) is 30.5 Å². The summed E-state index contributed by atoms with van der Waals surface area (Å²) in [7, 11) is 3.35. The van der Waals surface area contributed by atoms with E-state index in [9.17, 15) is 10.0 Å². The van der Waals surface area contributed by atoms with Gasteiger partial charge in [0.2, 0.25) is 5.91 Å². The molecular weight excluding hydrogens is 268 g/mol. The molecule has 0 radical (unpaired) electrons. The number of likely N-dealkylation sites (N-methyl/N-ethyl adjacent to an activating group) is 1. The summed E-state index contributed by atoms with van der Waals surface area (Å²) in [5.74, 6) is 0.740. The summed E-state index contributed by atoms with van der Waals surface area (Å²) in [6.07, 6.45) is 2.82. The molecule has 0 saturated heterocycles. The molecule has 5 nitrogen and oxygen atoms in total. The maximum absolute atomic E-state index is 11.5. The molecular formula is C16H26N2O3. The molecule has 0 bridgehead atoms. The fourth-order valence-corrected chi connectivity index (χ4v) is 1.76. The maximum Gasteiger partial charge on any atom is 0.238 e. The predicted octanol–water partition coefficient (Wildman–Crippen LogP) is 2.19. The summed E-state index contributed by atoms with van der Waals surface area (Å²) in [5.41, 5.74) is 1.08. The van der Waals surface area contributed by atoms with Crippen LogP contribution in [0.3, 0.4) is 0 Å². The lowest BCUT2D eigenvalue weighted by Crippen LogP contribution is -2.35. The molecule has 0 spiro atoms. The second-order valence-corrected chi connectivity index (χ2v) is 5.28. The van der Waals surface area contributed by atoms with Gasteiger partial charge in [0, 0.05) is 20.6 Å². The van der Waals surface area contributed by atoms with Gasteiger partial charge >= 0.3 is 0 Å². The summed E-state index contributed by atoms with van der Waals surface area (Å²) < 4.78 is 5.65. The van der Waals surface area contributed by atoms with Crippen LogP contribution in [0.1, 0.15) is 25.3 Å². The minimum atomic E-state index is -0.117. The van der Waals surface area contributed by atoms with Crippen molar-refractivity contribution in [2.24, 2.45) is 0 Å². The van der Waals surface area contributed by atoms with E-state index in [1.807, 2.05) is 24.3 Å². The fourth-order valence-electron chi connectivity index (χ4n) is 1.76. The second kappa shape index (κ2) is 9.37. The number of rotatable bonds is 9. The zero-order valence-electron chi connectivity index (χ0n) is 13.2. The number of hydrogen-bond donors (Lipinski definition) is 1. The zero-order valence-corrected chi connectivity index (χ0v) is 13.2. The van der Waals surface area contributed by atoms with E-state index in [0.29, 0.717) is 13.0 Å². The number of carbonyl (C=O) groups excluding carboxylic acids is 1. The minimum Gasteiger partial charge on any atom is -0.494 e. The highest BCUT2D eigenvalue weighted by Gasteiger charge is 2.10. The largest absolute Gasteiger partial charge is 0.494 e. The first kappa shape index (κ1) is 17.5. The highest BCUT2D eigenvalue weighted by molar-refractivity contribution is 5.77. The van der Waals surface area contributed by atoms with Crippen molar-refractivity contribution in [3.8, 4) is 5.75 Å². The van der Waals surface area contributed by atoms with E-state index in [2.05, 4.69) is 6.92 Å². The van der Waals surface area contributed by atoms with Crippen LogP contribution >= 0.6 is 0 Å². The van der Waals surface area contributed by atoms with Gasteiger partial charge in [0.05, 0.1) is 6.61 Å². The summed E-state index contributed by atoms with van der Waals surface area (Å²) in [6, 6.07) is 7.86. The monoisotopic (exact) mass is 294 g/mol. The molecule has 1 aromatic carbocycles. The quantitative estimate of drug-likeness (QED) is 0.560. The lowest BCUT2D eigenvalue weighted by Gasteiger charge is -2.17. The number of unbranched alkanes of at least 4 members (excludes halogenated alkanes) is 1. The zero-order chi connectivity index (χ0) is 15.7. The smallest absolute Gasteiger partial charge is 0.238 e. The molecule has 1 N–H and O–H groups in total. The summed E-state index contributed by atoms with van der Waals surface area (Å²) >= 11 is 0. The van der Waals surface area contributed by atoms with E-state index in [0.717, 1.165) is 35.8 Å². The molecule has 0 aromatic heterocycles. The molecule has 0 aliphatic heterocycles. The van der Waals surface area contributed by atoms with E-state index in [-0.39, 0.29) is 12.5 Å². The first-order chi connectivity index (χ1) is 10.0. The van der Waals surface area contributed by atoms with E-state index < -0.39 is 0 Å². The lowest BCUT2D eigenvalue weighted by atomic mass is 10.1. The molecule has 0 atom stereocenters. The van der Waals surface area contributed by atoms with Crippen molar-refractivity contribution in [2.45, 2.75) is 26.2 Å². The molecule has 1 rings (SSSR count). The Labute approximate surface area is 127 Å². The van der Waals surface area contributed by atoms with Crippen molar-refractivity contribution >= 4 is 5.91 Å². The van der Waals surface area contributed by atoms with Crippen molar-refractivity contribution in [1.29, 1.82) is 0 Å². The van der Waals surface area contributed by atoms with Crippen LogP contribution in [0.5, 0.6) is 5.75 Å². The molecule has 0 aliphatic carbocycles. The van der Waals surface area contributed by atoms with Crippen molar-refractivity contribution in [3.05, 3.63) is 29.8 Å². The third kappa shape index (κ3) is 7.11. The van der Waals surface area contributed by atoms with Gasteiger partial charge in [-0.3, -0.25) is 4.79 Å². The Balaban J connectivity index is 2.40.